The van der Waals surface area contributed by atoms with Gasteiger partial charge < -0.3 is 4.57 Å². The maximum atomic E-state index is 4.52. The molecule has 3 heteroatoms. The minimum absolute atomic E-state index is 0.804. The second-order valence-corrected chi connectivity index (χ2v) is 5.88. The predicted octanol–water partition coefficient (Wildman–Crippen LogP) is 4.59. The van der Waals surface area contributed by atoms with E-state index in [0.29, 0.717) is 0 Å². The van der Waals surface area contributed by atoms with Gasteiger partial charge in [0.2, 0.25) is 0 Å². The Kier molecular flexibility index (Phi) is 4.76. The van der Waals surface area contributed by atoms with Crippen molar-refractivity contribution in [1.82, 2.24) is 9.55 Å². The summed E-state index contributed by atoms with van der Waals surface area (Å²) in [6, 6.07) is 4.25. The van der Waals surface area contributed by atoms with Gasteiger partial charge in [-0.3, -0.25) is 9.98 Å². The van der Waals surface area contributed by atoms with E-state index in [9.17, 15) is 0 Å². The van der Waals surface area contributed by atoms with Crippen molar-refractivity contribution >= 4 is 16.6 Å². The SMILES string of the molecule is C=CN=C(C=C(C)C)c1cc2cnc(CC(=C)C)cc2n1C. The molecule has 0 fully saturated rings. The van der Waals surface area contributed by atoms with Gasteiger partial charge in [0, 0.05) is 36.9 Å². The van der Waals surface area contributed by atoms with E-state index in [-0.39, 0.29) is 0 Å². The van der Waals surface area contributed by atoms with Gasteiger partial charge in [0.25, 0.3) is 0 Å². The molecule has 0 aliphatic heterocycles. The zero-order valence-electron chi connectivity index (χ0n) is 13.8. The molecule has 0 spiro atoms. The molecule has 2 heterocycles. The van der Waals surface area contributed by atoms with Crippen molar-refractivity contribution in [2.24, 2.45) is 12.0 Å². The van der Waals surface area contributed by atoms with E-state index in [0.717, 1.165) is 40.0 Å². The number of aliphatic imine (C=N–C) groups is 1. The summed E-state index contributed by atoms with van der Waals surface area (Å²) >= 11 is 0. The van der Waals surface area contributed by atoms with Gasteiger partial charge in [-0.25, -0.2) is 0 Å². The average molecular weight is 293 g/mol. The second-order valence-electron chi connectivity index (χ2n) is 5.88. The highest BCUT2D eigenvalue weighted by Gasteiger charge is 2.11. The average Bonchev–Trinajstić information content (AvgIpc) is 2.74. The van der Waals surface area contributed by atoms with Crippen molar-refractivity contribution in [2.75, 3.05) is 0 Å². The molecule has 2 aromatic heterocycles. The third-order valence-electron chi connectivity index (χ3n) is 3.38. The maximum absolute atomic E-state index is 4.52. The van der Waals surface area contributed by atoms with Crippen LogP contribution in [-0.4, -0.2) is 15.3 Å². The van der Waals surface area contributed by atoms with Crippen LogP contribution in [-0.2, 0) is 13.5 Å². The molecule has 0 aliphatic carbocycles. The third-order valence-corrected chi connectivity index (χ3v) is 3.38. The highest BCUT2D eigenvalue weighted by Crippen LogP contribution is 2.21. The van der Waals surface area contributed by atoms with Crippen molar-refractivity contribution in [3.63, 3.8) is 0 Å². The normalized spacial score (nSPS) is 11.5. The van der Waals surface area contributed by atoms with Crippen LogP contribution in [0.25, 0.3) is 10.9 Å². The first-order valence-corrected chi connectivity index (χ1v) is 7.35. The fraction of sp³-hybridized carbons (Fsp3) is 0.263. The number of hydrogen-bond donors (Lipinski definition) is 0. The number of hydrogen-bond acceptors (Lipinski definition) is 2. The van der Waals surface area contributed by atoms with Gasteiger partial charge in [0.1, 0.15) is 0 Å². The number of aryl methyl sites for hydroxylation is 1. The lowest BCUT2D eigenvalue weighted by atomic mass is 10.1. The van der Waals surface area contributed by atoms with Crippen LogP contribution in [0.1, 0.15) is 32.2 Å². The van der Waals surface area contributed by atoms with E-state index < -0.39 is 0 Å². The zero-order valence-corrected chi connectivity index (χ0v) is 13.8. The summed E-state index contributed by atoms with van der Waals surface area (Å²) in [7, 11) is 2.06. The molecule has 22 heavy (non-hydrogen) atoms. The Morgan fingerprint density at radius 3 is 2.64 bits per heavy atom. The third kappa shape index (κ3) is 3.42. The van der Waals surface area contributed by atoms with Crippen LogP contribution in [0, 0.1) is 0 Å². The Hall–Kier alpha value is -2.42. The summed E-state index contributed by atoms with van der Waals surface area (Å²) in [5.74, 6) is 0. The molecule has 0 radical (unpaired) electrons. The van der Waals surface area contributed by atoms with E-state index in [1.54, 1.807) is 6.20 Å². The molecule has 0 saturated carbocycles. The van der Waals surface area contributed by atoms with Gasteiger partial charge in [-0.2, -0.15) is 0 Å². The largest absolute Gasteiger partial charge is 0.342 e. The summed E-state index contributed by atoms with van der Waals surface area (Å²) in [6.45, 7) is 13.8. The zero-order chi connectivity index (χ0) is 16.3. The van der Waals surface area contributed by atoms with Gasteiger partial charge in [-0.1, -0.05) is 24.3 Å². The van der Waals surface area contributed by atoms with Crippen molar-refractivity contribution in [2.45, 2.75) is 27.2 Å². The fourth-order valence-electron chi connectivity index (χ4n) is 2.47. The van der Waals surface area contributed by atoms with E-state index in [4.69, 9.17) is 0 Å². The van der Waals surface area contributed by atoms with Crippen LogP contribution in [0.3, 0.4) is 0 Å². The molecular formula is C19H23N3. The van der Waals surface area contributed by atoms with Crippen LogP contribution in [0.15, 0.2) is 59.9 Å². The fourth-order valence-corrected chi connectivity index (χ4v) is 2.47. The van der Waals surface area contributed by atoms with Crippen molar-refractivity contribution < 1.29 is 0 Å². The topological polar surface area (TPSA) is 30.2 Å². The van der Waals surface area contributed by atoms with E-state index in [1.807, 2.05) is 13.1 Å². The Labute approximate surface area is 132 Å². The molecule has 0 aromatic carbocycles. The van der Waals surface area contributed by atoms with E-state index >= 15 is 0 Å². The molecule has 2 aromatic rings. The van der Waals surface area contributed by atoms with Gasteiger partial charge in [0.05, 0.1) is 16.9 Å². The van der Waals surface area contributed by atoms with Crippen LogP contribution in [0.4, 0.5) is 0 Å². The standard InChI is InChI=1S/C19H23N3/c1-7-20-17(9-14(4)5)19-10-15-12-21-16(8-13(2)3)11-18(15)22(19)6/h7,9-12H,1-2,8H2,3-6H3. The molecule has 3 nitrogen and oxygen atoms in total. The highest BCUT2D eigenvalue weighted by atomic mass is 15.0. The highest BCUT2D eigenvalue weighted by molar-refractivity contribution is 6.10. The van der Waals surface area contributed by atoms with E-state index in [1.165, 1.54) is 5.57 Å². The van der Waals surface area contributed by atoms with Crippen molar-refractivity contribution in [3.05, 3.63) is 66.3 Å². The lowest BCUT2D eigenvalue weighted by Gasteiger charge is -2.06. The van der Waals surface area contributed by atoms with Gasteiger partial charge in [0.15, 0.2) is 0 Å². The number of pyridine rings is 1. The van der Waals surface area contributed by atoms with E-state index in [2.05, 4.69) is 66.8 Å². The maximum Gasteiger partial charge on any atom is 0.0865 e. The minimum Gasteiger partial charge on any atom is -0.342 e. The summed E-state index contributed by atoms with van der Waals surface area (Å²) in [4.78, 5) is 8.93. The second kappa shape index (κ2) is 6.56. The summed E-state index contributed by atoms with van der Waals surface area (Å²) in [5, 5.41) is 1.11. The van der Waals surface area contributed by atoms with Gasteiger partial charge in [-0.15, -0.1) is 0 Å². The molecule has 0 N–H and O–H groups in total. The number of fused-ring (bicyclic) bond motifs is 1. The van der Waals surface area contributed by atoms with Crippen LogP contribution < -0.4 is 0 Å². The molecule has 0 aliphatic rings. The van der Waals surface area contributed by atoms with Gasteiger partial charge in [-0.05, 0) is 39.0 Å². The molecule has 114 valence electrons. The monoisotopic (exact) mass is 293 g/mol. The van der Waals surface area contributed by atoms with Crippen LogP contribution in [0.2, 0.25) is 0 Å². The molecular weight excluding hydrogens is 270 g/mol. The molecule has 0 saturated heterocycles. The lowest BCUT2D eigenvalue weighted by molar-refractivity contribution is 0.949. The molecule has 0 amide bonds. The van der Waals surface area contributed by atoms with Crippen molar-refractivity contribution in [1.29, 1.82) is 0 Å². The lowest BCUT2D eigenvalue weighted by Crippen LogP contribution is -2.04. The smallest absolute Gasteiger partial charge is 0.0865 e. The summed E-state index contributed by atoms with van der Waals surface area (Å²) in [5.41, 5.74) is 6.48. The number of aromatic nitrogens is 2. The summed E-state index contributed by atoms with van der Waals surface area (Å²) < 4.78 is 2.15. The van der Waals surface area contributed by atoms with Crippen LogP contribution >= 0.6 is 0 Å². The number of allylic oxidation sites excluding steroid dienone is 3. The van der Waals surface area contributed by atoms with Crippen molar-refractivity contribution in [3.8, 4) is 0 Å². The Bertz CT molecular complexity index is 784. The predicted molar refractivity (Wildman–Crippen MR) is 95.4 cm³/mol. The Balaban J connectivity index is 2.58. The number of rotatable bonds is 5. The first-order chi connectivity index (χ1) is 10.4. The Morgan fingerprint density at radius 2 is 2.05 bits per heavy atom. The first kappa shape index (κ1) is 16.0. The number of nitrogens with zero attached hydrogens (tertiary/aromatic N) is 3. The van der Waals surface area contributed by atoms with Gasteiger partial charge >= 0.3 is 0 Å². The molecule has 2 rings (SSSR count). The summed E-state index contributed by atoms with van der Waals surface area (Å²) in [6.07, 6.45) is 6.37. The molecule has 0 atom stereocenters. The van der Waals surface area contributed by atoms with Crippen LogP contribution in [0.5, 0.6) is 0 Å². The first-order valence-electron chi connectivity index (χ1n) is 7.35. The molecule has 0 unspecified atom stereocenters. The Morgan fingerprint density at radius 1 is 1.32 bits per heavy atom. The molecule has 0 bridgehead atoms. The quantitative estimate of drug-likeness (QED) is 0.585. The minimum atomic E-state index is 0.804.